The number of para-hydroxylation sites is 1. The van der Waals surface area contributed by atoms with Gasteiger partial charge in [-0.05, 0) is 52.7 Å². The maximum absolute atomic E-state index is 12.3. The zero-order valence-corrected chi connectivity index (χ0v) is 16.6. The number of rotatable bonds is 6. The van der Waals surface area contributed by atoms with Gasteiger partial charge in [0.2, 0.25) is 5.90 Å². The van der Waals surface area contributed by atoms with Crippen LogP contribution in [0.1, 0.15) is 18.1 Å². The zero-order valence-electron chi connectivity index (χ0n) is 15.0. The molecule has 0 N–H and O–H groups in total. The van der Waals surface area contributed by atoms with E-state index in [4.69, 9.17) is 14.2 Å². The molecule has 27 heavy (non-hydrogen) atoms. The molecule has 0 aromatic heterocycles. The van der Waals surface area contributed by atoms with Crippen molar-refractivity contribution in [3.05, 3.63) is 75.9 Å². The third-order valence-electron chi connectivity index (χ3n) is 3.71. The van der Waals surface area contributed by atoms with E-state index in [0.717, 1.165) is 10.0 Å². The van der Waals surface area contributed by atoms with Gasteiger partial charge in [0.25, 0.3) is 0 Å². The smallest absolute Gasteiger partial charge is 0.363 e. The van der Waals surface area contributed by atoms with Gasteiger partial charge in [-0.1, -0.05) is 30.8 Å². The first-order valence-corrected chi connectivity index (χ1v) is 9.00. The molecule has 1 heterocycles. The zero-order chi connectivity index (χ0) is 19.4. The van der Waals surface area contributed by atoms with E-state index in [1.807, 2.05) is 43.3 Å². The second kappa shape index (κ2) is 8.22. The number of methoxy groups -OCH3 is 1. The lowest BCUT2D eigenvalue weighted by Crippen LogP contribution is -2.06. The molecule has 0 unspecified atom stereocenters. The Morgan fingerprint density at radius 1 is 1.26 bits per heavy atom. The highest BCUT2D eigenvalue weighted by Crippen LogP contribution is 2.34. The molecule has 0 atom stereocenters. The van der Waals surface area contributed by atoms with Crippen LogP contribution in [0.15, 0.2) is 69.8 Å². The van der Waals surface area contributed by atoms with Gasteiger partial charge >= 0.3 is 5.97 Å². The highest BCUT2D eigenvalue weighted by Gasteiger charge is 2.26. The van der Waals surface area contributed by atoms with Crippen LogP contribution in [0, 0.1) is 0 Å². The highest BCUT2D eigenvalue weighted by atomic mass is 79.9. The van der Waals surface area contributed by atoms with Gasteiger partial charge in [0.15, 0.2) is 17.2 Å². The Labute approximate surface area is 166 Å². The third kappa shape index (κ3) is 4.28. The van der Waals surface area contributed by atoms with Crippen molar-refractivity contribution in [2.45, 2.75) is 6.92 Å². The molecule has 0 spiro atoms. The molecule has 2 aromatic carbocycles. The molecule has 138 valence electrons. The molecule has 0 aliphatic carbocycles. The summed E-state index contributed by atoms with van der Waals surface area (Å²) in [7, 11) is 1.56. The summed E-state index contributed by atoms with van der Waals surface area (Å²) in [5.41, 5.74) is 2.43. The molecule has 3 rings (SSSR count). The van der Waals surface area contributed by atoms with Crippen molar-refractivity contribution in [3.8, 4) is 11.5 Å². The SMILES string of the molecule is C=C(C)COc1c(/C=C2\N=C(c3ccccc3Br)OC2=O)cccc1OC. The summed E-state index contributed by atoms with van der Waals surface area (Å²) in [6.07, 6.45) is 1.63. The van der Waals surface area contributed by atoms with Crippen LogP contribution in [0.2, 0.25) is 0 Å². The summed E-state index contributed by atoms with van der Waals surface area (Å²) in [6, 6.07) is 12.8. The van der Waals surface area contributed by atoms with Crippen molar-refractivity contribution < 1.29 is 19.0 Å². The minimum absolute atomic E-state index is 0.189. The molecular weight excluding hydrogens is 410 g/mol. The van der Waals surface area contributed by atoms with Gasteiger partial charge in [-0.15, -0.1) is 0 Å². The van der Waals surface area contributed by atoms with E-state index in [1.165, 1.54) is 0 Å². The van der Waals surface area contributed by atoms with Gasteiger partial charge in [0.1, 0.15) is 6.61 Å². The molecule has 1 aliphatic rings. The standard InChI is InChI=1S/C21H18BrNO4/c1-13(2)12-26-19-14(7-6-10-18(19)25-3)11-17-21(24)27-20(23-17)15-8-4-5-9-16(15)22/h4-11H,1,12H2,2-3H3/b17-11-. The second-order valence-corrected chi connectivity index (χ2v) is 6.79. The predicted octanol–water partition coefficient (Wildman–Crippen LogP) is 4.76. The number of hydrogen-bond acceptors (Lipinski definition) is 5. The number of hydrogen-bond donors (Lipinski definition) is 0. The van der Waals surface area contributed by atoms with E-state index in [-0.39, 0.29) is 11.6 Å². The summed E-state index contributed by atoms with van der Waals surface area (Å²) >= 11 is 3.44. The van der Waals surface area contributed by atoms with Crippen molar-refractivity contribution in [1.29, 1.82) is 0 Å². The first-order valence-electron chi connectivity index (χ1n) is 8.21. The Kier molecular flexibility index (Phi) is 5.76. The normalized spacial score (nSPS) is 14.7. The number of esters is 1. The summed E-state index contributed by atoms with van der Waals surface area (Å²) < 4.78 is 17.3. The van der Waals surface area contributed by atoms with Gasteiger partial charge in [-0.2, -0.15) is 0 Å². The highest BCUT2D eigenvalue weighted by molar-refractivity contribution is 9.10. The van der Waals surface area contributed by atoms with E-state index in [9.17, 15) is 4.79 Å². The van der Waals surface area contributed by atoms with Gasteiger partial charge < -0.3 is 14.2 Å². The summed E-state index contributed by atoms with van der Waals surface area (Å²) in [4.78, 5) is 16.6. The maximum atomic E-state index is 12.3. The Bertz CT molecular complexity index is 962. The molecule has 2 aromatic rings. The number of halogens is 1. The minimum atomic E-state index is -0.519. The fraction of sp³-hybridized carbons (Fsp3) is 0.143. The van der Waals surface area contributed by atoms with Gasteiger partial charge in [-0.3, -0.25) is 0 Å². The van der Waals surface area contributed by atoms with E-state index >= 15 is 0 Å². The fourth-order valence-electron chi connectivity index (χ4n) is 2.46. The van der Waals surface area contributed by atoms with Crippen molar-refractivity contribution in [3.63, 3.8) is 0 Å². The summed E-state index contributed by atoms with van der Waals surface area (Å²) in [5.74, 6) is 0.820. The van der Waals surface area contributed by atoms with Crippen LogP contribution >= 0.6 is 15.9 Å². The molecule has 0 fully saturated rings. The number of carbonyl (C=O) groups is 1. The van der Waals surface area contributed by atoms with Crippen LogP contribution in [-0.2, 0) is 9.53 Å². The number of cyclic esters (lactones) is 1. The number of ether oxygens (including phenoxy) is 3. The molecular formula is C21H18BrNO4. The fourth-order valence-corrected chi connectivity index (χ4v) is 2.92. The molecule has 1 aliphatic heterocycles. The molecule has 6 heteroatoms. The minimum Gasteiger partial charge on any atom is -0.493 e. The topological polar surface area (TPSA) is 57.1 Å². The third-order valence-corrected chi connectivity index (χ3v) is 4.40. The maximum Gasteiger partial charge on any atom is 0.363 e. The first kappa shape index (κ1) is 18.9. The summed E-state index contributed by atoms with van der Waals surface area (Å²) in [5, 5.41) is 0. The molecule has 0 amide bonds. The van der Waals surface area contributed by atoms with Crippen molar-refractivity contribution in [2.75, 3.05) is 13.7 Å². The monoisotopic (exact) mass is 427 g/mol. The lowest BCUT2D eigenvalue weighted by atomic mass is 10.1. The molecule has 0 bridgehead atoms. The molecule has 0 saturated heterocycles. The predicted molar refractivity (Wildman–Crippen MR) is 108 cm³/mol. The van der Waals surface area contributed by atoms with Crippen molar-refractivity contribution in [1.82, 2.24) is 0 Å². The van der Waals surface area contributed by atoms with Crippen LogP contribution in [0.3, 0.4) is 0 Å². The van der Waals surface area contributed by atoms with Crippen LogP contribution in [0.4, 0.5) is 0 Å². The largest absolute Gasteiger partial charge is 0.493 e. The Hall–Kier alpha value is -2.86. The van der Waals surface area contributed by atoms with Crippen molar-refractivity contribution in [2.24, 2.45) is 4.99 Å². The lowest BCUT2D eigenvalue weighted by molar-refractivity contribution is -0.129. The number of aliphatic imine (C=N–C) groups is 1. The van der Waals surface area contributed by atoms with Gasteiger partial charge in [0, 0.05) is 10.0 Å². The Balaban J connectivity index is 2.00. The lowest BCUT2D eigenvalue weighted by Gasteiger charge is -2.13. The molecule has 5 nitrogen and oxygen atoms in total. The number of benzene rings is 2. The second-order valence-electron chi connectivity index (χ2n) is 5.94. The average molecular weight is 428 g/mol. The van der Waals surface area contributed by atoms with E-state index in [0.29, 0.717) is 29.2 Å². The van der Waals surface area contributed by atoms with Gasteiger partial charge in [0.05, 0.1) is 12.7 Å². The van der Waals surface area contributed by atoms with Crippen LogP contribution in [0.5, 0.6) is 11.5 Å². The summed E-state index contributed by atoms with van der Waals surface area (Å²) in [6.45, 7) is 6.05. The Morgan fingerprint density at radius 2 is 2.04 bits per heavy atom. The van der Waals surface area contributed by atoms with Crippen molar-refractivity contribution >= 4 is 33.9 Å². The molecule has 0 saturated carbocycles. The average Bonchev–Trinajstić information content (AvgIpc) is 3.01. The van der Waals surface area contributed by atoms with E-state index < -0.39 is 5.97 Å². The number of nitrogens with zero attached hydrogens (tertiary/aromatic N) is 1. The molecule has 0 radical (unpaired) electrons. The Morgan fingerprint density at radius 3 is 2.74 bits per heavy atom. The first-order chi connectivity index (χ1) is 13.0. The van der Waals surface area contributed by atoms with Crippen LogP contribution in [0.25, 0.3) is 6.08 Å². The van der Waals surface area contributed by atoms with Crippen LogP contribution in [-0.4, -0.2) is 25.6 Å². The van der Waals surface area contributed by atoms with Crippen LogP contribution < -0.4 is 9.47 Å². The van der Waals surface area contributed by atoms with E-state index in [1.54, 1.807) is 19.3 Å². The van der Waals surface area contributed by atoms with Gasteiger partial charge in [-0.25, -0.2) is 9.79 Å². The quantitative estimate of drug-likeness (QED) is 0.378. The number of carbonyl (C=O) groups excluding carboxylic acids is 1. The van der Waals surface area contributed by atoms with E-state index in [2.05, 4.69) is 27.5 Å².